The van der Waals surface area contributed by atoms with E-state index in [0.29, 0.717) is 41.1 Å². The summed E-state index contributed by atoms with van der Waals surface area (Å²) < 4.78 is 12.1. The standard InChI is InChI=1S/C23H25ClN2O5/c1-3-15(2)20(25-21(27)16-9-11-17(24)12-10-16)22(28)30-14-6-13-26-18-7-4-5-8-19(18)31-23(26)29/h4-5,7-12,15,20H,3,6,13-14H2,1-2H3,(H,25,27)/t15-,20-/m0/s1. The predicted molar refractivity (Wildman–Crippen MR) is 118 cm³/mol. The molecule has 2 atom stereocenters. The van der Waals surface area contributed by atoms with Crippen LogP contribution in [0.4, 0.5) is 0 Å². The Kier molecular flexibility index (Phi) is 7.52. The maximum Gasteiger partial charge on any atom is 0.419 e. The SMILES string of the molecule is CC[C@H](C)[C@H](NC(=O)c1ccc(Cl)cc1)C(=O)OCCCn1c(=O)oc2ccccc21. The number of carbonyl (C=O) groups is 2. The second-order valence-electron chi connectivity index (χ2n) is 7.35. The highest BCUT2D eigenvalue weighted by Gasteiger charge is 2.27. The molecule has 0 aliphatic carbocycles. The lowest BCUT2D eigenvalue weighted by Gasteiger charge is -2.22. The average Bonchev–Trinajstić information content (AvgIpc) is 3.09. The molecule has 2 aromatic carbocycles. The fourth-order valence-corrected chi connectivity index (χ4v) is 3.33. The van der Waals surface area contributed by atoms with Crippen molar-refractivity contribution in [3.63, 3.8) is 0 Å². The number of rotatable bonds is 9. The lowest BCUT2D eigenvalue weighted by atomic mass is 9.99. The first-order chi connectivity index (χ1) is 14.9. The normalized spacial score (nSPS) is 13.0. The molecule has 0 aliphatic rings. The Labute approximate surface area is 184 Å². The lowest BCUT2D eigenvalue weighted by molar-refractivity contribution is -0.147. The monoisotopic (exact) mass is 444 g/mol. The number of carbonyl (C=O) groups excluding carboxylic acids is 2. The van der Waals surface area contributed by atoms with Gasteiger partial charge in [-0.15, -0.1) is 0 Å². The molecule has 0 unspecified atom stereocenters. The van der Waals surface area contributed by atoms with Crippen LogP contribution in [0.25, 0.3) is 11.1 Å². The van der Waals surface area contributed by atoms with Crippen molar-refractivity contribution in [3.8, 4) is 0 Å². The summed E-state index contributed by atoms with van der Waals surface area (Å²) in [6, 6.07) is 12.8. The molecular weight excluding hydrogens is 420 g/mol. The van der Waals surface area contributed by atoms with Crippen LogP contribution in [0.1, 0.15) is 37.0 Å². The van der Waals surface area contributed by atoms with E-state index in [4.69, 9.17) is 20.8 Å². The molecule has 0 spiro atoms. The van der Waals surface area contributed by atoms with Gasteiger partial charge in [-0.1, -0.05) is 44.0 Å². The molecule has 0 saturated carbocycles. The maximum atomic E-state index is 12.7. The molecule has 7 nitrogen and oxygen atoms in total. The van der Waals surface area contributed by atoms with E-state index in [1.54, 1.807) is 42.5 Å². The predicted octanol–water partition coefficient (Wildman–Crippen LogP) is 4.03. The summed E-state index contributed by atoms with van der Waals surface area (Å²) in [5, 5.41) is 3.29. The number of fused-ring (bicyclic) bond motifs is 1. The second-order valence-corrected chi connectivity index (χ2v) is 7.79. The number of nitrogens with zero attached hydrogens (tertiary/aromatic N) is 1. The number of amides is 1. The van der Waals surface area contributed by atoms with Crippen molar-refractivity contribution in [1.82, 2.24) is 9.88 Å². The van der Waals surface area contributed by atoms with Crippen LogP contribution in [0.3, 0.4) is 0 Å². The van der Waals surface area contributed by atoms with E-state index >= 15 is 0 Å². The van der Waals surface area contributed by atoms with Crippen LogP contribution in [-0.2, 0) is 16.1 Å². The molecule has 0 saturated heterocycles. The number of hydrogen-bond donors (Lipinski definition) is 1. The number of para-hydroxylation sites is 2. The van der Waals surface area contributed by atoms with Crippen molar-refractivity contribution in [2.75, 3.05) is 6.61 Å². The van der Waals surface area contributed by atoms with E-state index < -0.39 is 17.8 Å². The number of benzene rings is 2. The van der Waals surface area contributed by atoms with E-state index in [1.807, 2.05) is 19.9 Å². The molecular formula is C23H25ClN2O5. The highest BCUT2D eigenvalue weighted by Crippen LogP contribution is 2.14. The Morgan fingerprint density at radius 1 is 1.16 bits per heavy atom. The zero-order valence-corrected chi connectivity index (χ0v) is 18.2. The third-order valence-corrected chi connectivity index (χ3v) is 5.46. The molecule has 0 bridgehead atoms. The summed E-state index contributed by atoms with van der Waals surface area (Å²) in [6.07, 6.45) is 1.13. The number of ether oxygens (including phenoxy) is 1. The molecule has 1 heterocycles. The van der Waals surface area contributed by atoms with Crippen molar-refractivity contribution >= 4 is 34.6 Å². The summed E-state index contributed by atoms with van der Waals surface area (Å²) >= 11 is 5.86. The molecule has 164 valence electrons. The number of nitrogens with one attached hydrogen (secondary N) is 1. The molecule has 1 aromatic heterocycles. The van der Waals surface area contributed by atoms with E-state index in [1.165, 1.54) is 4.57 Å². The summed E-state index contributed by atoms with van der Waals surface area (Å²) in [6.45, 7) is 4.30. The van der Waals surface area contributed by atoms with E-state index in [-0.39, 0.29) is 18.4 Å². The summed E-state index contributed by atoms with van der Waals surface area (Å²) in [5.74, 6) is -1.42. The molecule has 3 aromatic rings. The molecule has 8 heteroatoms. The van der Waals surface area contributed by atoms with Gasteiger partial charge in [-0.25, -0.2) is 9.59 Å². The number of esters is 1. The molecule has 1 N–H and O–H groups in total. The van der Waals surface area contributed by atoms with Crippen molar-refractivity contribution in [1.29, 1.82) is 0 Å². The Bertz CT molecular complexity index is 1100. The van der Waals surface area contributed by atoms with Gasteiger partial charge in [0.25, 0.3) is 5.91 Å². The first kappa shape index (κ1) is 22.6. The molecule has 1 amide bonds. The van der Waals surface area contributed by atoms with Crippen LogP contribution in [-0.4, -0.2) is 29.1 Å². The van der Waals surface area contributed by atoms with E-state index in [0.717, 1.165) is 0 Å². The Balaban J connectivity index is 1.57. The minimum atomic E-state index is -0.773. The van der Waals surface area contributed by atoms with Gasteiger partial charge in [0.05, 0.1) is 12.1 Å². The fraction of sp³-hybridized carbons (Fsp3) is 0.348. The van der Waals surface area contributed by atoms with Gasteiger partial charge in [0, 0.05) is 17.1 Å². The zero-order valence-electron chi connectivity index (χ0n) is 17.5. The number of hydrogen-bond acceptors (Lipinski definition) is 5. The molecule has 0 fully saturated rings. The summed E-state index contributed by atoms with van der Waals surface area (Å²) in [4.78, 5) is 37.2. The van der Waals surface area contributed by atoms with Gasteiger partial charge in [0.15, 0.2) is 5.58 Å². The number of halogens is 1. The topological polar surface area (TPSA) is 90.5 Å². The number of aryl methyl sites for hydroxylation is 1. The van der Waals surface area contributed by atoms with Crippen LogP contribution >= 0.6 is 11.6 Å². The zero-order chi connectivity index (χ0) is 22.4. The minimum Gasteiger partial charge on any atom is -0.464 e. The molecule has 3 rings (SSSR count). The lowest BCUT2D eigenvalue weighted by Crippen LogP contribution is -2.46. The third kappa shape index (κ3) is 5.55. The van der Waals surface area contributed by atoms with E-state index in [9.17, 15) is 14.4 Å². The van der Waals surface area contributed by atoms with Crippen LogP contribution < -0.4 is 11.1 Å². The highest BCUT2D eigenvalue weighted by molar-refractivity contribution is 6.30. The Morgan fingerprint density at radius 3 is 2.58 bits per heavy atom. The maximum absolute atomic E-state index is 12.7. The van der Waals surface area contributed by atoms with Crippen molar-refractivity contribution in [2.45, 2.75) is 39.3 Å². The minimum absolute atomic E-state index is 0.107. The van der Waals surface area contributed by atoms with Gasteiger partial charge in [-0.2, -0.15) is 0 Å². The van der Waals surface area contributed by atoms with Gasteiger partial charge < -0.3 is 14.5 Å². The highest BCUT2D eigenvalue weighted by atomic mass is 35.5. The van der Waals surface area contributed by atoms with Crippen molar-refractivity contribution in [2.24, 2.45) is 5.92 Å². The largest absolute Gasteiger partial charge is 0.464 e. The van der Waals surface area contributed by atoms with Crippen LogP contribution in [0.2, 0.25) is 5.02 Å². The summed E-state index contributed by atoms with van der Waals surface area (Å²) in [5.41, 5.74) is 1.63. The first-order valence-electron chi connectivity index (χ1n) is 10.2. The quantitative estimate of drug-likeness (QED) is 0.397. The van der Waals surface area contributed by atoms with Crippen molar-refractivity contribution in [3.05, 3.63) is 69.7 Å². The average molecular weight is 445 g/mol. The van der Waals surface area contributed by atoms with Gasteiger partial charge in [-0.3, -0.25) is 9.36 Å². The Morgan fingerprint density at radius 2 is 1.87 bits per heavy atom. The van der Waals surface area contributed by atoms with Crippen LogP contribution in [0.15, 0.2) is 57.7 Å². The van der Waals surface area contributed by atoms with E-state index in [2.05, 4.69) is 5.32 Å². The van der Waals surface area contributed by atoms with Crippen LogP contribution in [0, 0.1) is 5.92 Å². The van der Waals surface area contributed by atoms with Crippen molar-refractivity contribution < 1.29 is 18.7 Å². The number of aromatic nitrogens is 1. The van der Waals surface area contributed by atoms with Gasteiger partial charge >= 0.3 is 11.7 Å². The molecule has 0 aliphatic heterocycles. The fourth-order valence-electron chi connectivity index (χ4n) is 3.21. The third-order valence-electron chi connectivity index (χ3n) is 5.20. The smallest absolute Gasteiger partial charge is 0.419 e. The van der Waals surface area contributed by atoms with Gasteiger partial charge in [0.1, 0.15) is 6.04 Å². The Hall–Kier alpha value is -3.06. The number of oxazole rings is 1. The summed E-state index contributed by atoms with van der Waals surface area (Å²) in [7, 11) is 0. The van der Waals surface area contributed by atoms with Gasteiger partial charge in [0.2, 0.25) is 0 Å². The molecule has 0 radical (unpaired) electrons. The molecule has 31 heavy (non-hydrogen) atoms. The second kappa shape index (κ2) is 10.3. The first-order valence-corrected chi connectivity index (χ1v) is 10.6. The van der Waals surface area contributed by atoms with Crippen LogP contribution in [0.5, 0.6) is 0 Å². The van der Waals surface area contributed by atoms with Gasteiger partial charge in [-0.05, 0) is 48.7 Å².